The summed E-state index contributed by atoms with van der Waals surface area (Å²) >= 11 is 0. The number of carbonyl (C=O) groups excluding carboxylic acids is 1. The third-order valence-electron chi connectivity index (χ3n) is 6.76. The van der Waals surface area contributed by atoms with Crippen LogP contribution in [0.2, 0.25) is 0 Å². The molecule has 1 saturated heterocycles. The molecule has 0 bridgehead atoms. The van der Waals surface area contributed by atoms with Crippen LogP contribution >= 0.6 is 0 Å². The SMILES string of the molecule is CCC(C)=O.CCN1CCCC(COc2cc(-c3ccc(OC)c(C)c3)cc3c2OCCC#CC3)C1. The maximum absolute atomic E-state index is 9.81. The van der Waals surface area contributed by atoms with Crippen LogP contribution in [0.5, 0.6) is 17.2 Å². The van der Waals surface area contributed by atoms with E-state index in [1.54, 1.807) is 14.0 Å². The first-order chi connectivity index (χ1) is 17.4. The molecule has 2 aliphatic heterocycles. The lowest BCUT2D eigenvalue weighted by Crippen LogP contribution is -2.37. The van der Waals surface area contributed by atoms with Crippen molar-refractivity contribution in [3.8, 4) is 40.2 Å². The van der Waals surface area contributed by atoms with Gasteiger partial charge in [0.15, 0.2) is 11.5 Å². The predicted octanol–water partition coefficient (Wildman–Crippen LogP) is 6.10. The molecular weight excluding hydrogens is 450 g/mol. The summed E-state index contributed by atoms with van der Waals surface area (Å²) in [5.74, 6) is 9.90. The number of ketones is 1. The van der Waals surface area contributed by atoms with Crippen LogP contribution in [0.3, 0.4) is 0 Å². The number of rotatable bonds is 7. The van der Waals surface area contributed by atoms with E-state index in [-0.39, 0.29) is 5.78 Å². The Morgan fingerprint density at radius 1 is 1.14 bits per heavy atom. The zero-order valence-corrected chi connectivity index (χ0v) is 22.6. The minimum absolute atomic E-state index is 0.255. The molecule has 5 nitrogen and oxygen atoms in total. The van der Waals surface area contributed by atoms with Gasteiger partial charge in [0, 0.05) is 37.3 Å². The van der Waals surface area contributed by atoms with Crippen LogP contribution in [0.15, 0.2) is 30.3 Å². The number of piperidine rings is 1. The maximum Gasteiger partial charge on any atom is 0.165 e. The molecule has 0 N–H and O–H groups in total. The van der Waals surface area contributed by atoms with Gasteiger partial charge in [-0.05, 0) is 80.7 Å². The monoisotopic (exact) mass is 491 g/mol. The fourth-order valence-electron chi connectivity index (χ4n) is 4.52. The Labute approximate surface area is 217 Å². The molecule has 0 aliphatic carbocycles. The zero-order chi connectivity index (χ0) is 25.9. The number of ether oxygens (including phenoxy) is 3. The third-order valence-corrected chi connectivity index (χ3v) is 6.76. The molecule has 2 aliphatic rings. The number of nitrogens with zero attached hydrogens (tertiary/aromatic N) is 1. The van der Waals surface area contributed by atoms with E-state index in [9.17, 15) is 4.79 Å². The molecule has 0 saturated carbocycles. The van der Waals surface area contributed by atoms with Gasteiger partial charge in [-0.15, -0.1) is 0 Å². The number of aryl methyl sites for hydroxylation is 1. The van der Waals surface area contributed by atoms with Crippen LogP contribution in [0.1, 0.15) is 57.6 Å². The molecule has 2 aromatic rings. The molecule has 194 valence electrons. The Hall–Kier alpha value is -2.97. The third kappa shape index (κ3) is 7.77. The number of methoxy groups -OCH3 is 1. The summed E-state index contributed by atoms with van der Waals surface area (Å²) < 4.78 is 18.0. The van der Waals surface area contributed by atoms with Gasteiger partial charge in [-0.3, -0.25) is 0 Å². The highest BCUT2D eigenvalue weighted by Gasteiger charge is 2.21. The Bertz CT molecular complexity index is 1080. The van der Waals surface area contributed by atoms with Gasteiger partial charge in [-0.25, -0.2) is 0 Å². The van der Waals surface area contributed by atoms with Gasteiger partial charge >= 0.3 is 0 Å². The van der Waals surface area contributed by atoms with E-state index in [2.05, 4.69) is 54.9 Å². The number of carbonyl (C=O) groups is 1. The number of fused-ring (bicyclic) bond motifs is 1. The van der Waals surface area contributed by atoms with E-state index >= 15 is 0 Å². The summed E-state index contributed by atoms with van der Waals surface area (Å²) in [5.41, 5.74) is 4.50. The van der Waals surface area contributed by atoms with Crippen LogP contribution < -0.4 is 14.2 Å². The van der Waals surface area contributed by atoms with E-state index in [1.165, 1.54) is 19.4 Å². The van der Waals surface area contributed by atoms with E-state index in [4.69, 9.17) is 14.2 Å². The van der Waals surface area contributed by atoms with Crippen LogP contribution in [-0.4, -0.2) is 50.6 Å². The standard InChI is InChI=1S/C27H33NO3.C4H8O/c1-4-28-13-8-9-21(18-28)19-31-26-17-24(22-11-12-25(29-3)20(2)15-22)16-23-10-6-5-7-14-30-27(23)26;1-3-4(2)5/h11-12,15-17,21H,4,7-10,13-14,18-19H2,1-3H3;3H2,1-2H3. The first kappa shape index (κ1) is 27.6. The Morgan fingerprint density at radius 2 is 1.94 bits per heavy atom. The second kappa shape index (κ2) is 13.9. The molecule has 5 heteroatoms. The van der Waals surface area contributed by atoms with Crippen LogP contribution in [0, 0.1) is 24.7 Å². The number of Topliss-reactive ketones (excluding diaryl/α,β-unsaturated/α-hetero) is 1. The summed E-state index contributed by atoms with van der Waals surface area (Å²) in [6.45, 7) is 12.5. The number of likely N-dealkylation sites (tertiary alicyclic amines) is 1. The molecule has 1 unspecified atom stereocenters. The van der Waals surface area contributed by atoms with Crippen molar-refractivity contribution in [1.29, 1.82) is 0 Å². The number of hydrogen-bond donors (Lipinski definition) is 0. The summed E-state index contributed by atoms with van der Waals surface area (Å²) in [6, 6.07) is 10.6. The molecule has 2 aromatic carbocycles. The fraction of sp³-hybridized carbons (Fsp3) is 0.516. The highest BCUT2D eigenvalue weighted by Crippen LogP contribution is 2.39. The zero-order valence-electron chi connectivity index (χ0n) is 22.6. The van der Waals surface area contributed by atoms with Crippen molar-refractivity contribution in [3.05, 3.63) is 41.5 Å². The van der Waals surface area contributed by atoms with Gasteiger partial charge in [0.05, 0.1) is 20.3 Å². The minimum Gasteiger partial charge on any atom is -0.496 e. The lowest BCUT2D eigenvalue weighted by atomic mass is 9.97. The lowest BCUT2D eigenvalue weighted by molar-refractivity contribution is -0.116. The number of hydrogen-bond acceptors (Lipinski definition) is 5. The van der Waals surface area contributed by atoms with Gasteiger partial charge in [0.1, 0.15) is 11.5 Å². The average Bonchev–Trinajstić information content (AvgIpc) is 2.88. The van der Waals surface area contributed by atoms with Crippen molar-refractivity contribution in [2.24, 2.45) is 5.92 Å². The molecule has 0 aromatic heterocycles. The highest BCUT2D eigenvalue weighted by atomic mass is 16.5. The second-order valence-corrected chi connectivity index (χ2v) is 9.54. The molecule has 0 amide bonds. The highest BCUT2D eigenvalue weighted by molar-refractivity contribution is 5.75. The maximum atomic E-state index is 9.81. The molecule has 1 fully saturated rings. The summed E-state index contributed by atoms with van der Waals surface area (Å²) in [4.78, 5) is 12.3. The molecule has 36 heavy (non-hydrogen) atoms. The Kier molecular flexibility index (Phi) is 10.7. The van der Waals surface area contributed by atoms with Gasteiger partial charge in [0.2, 0.25) is 0 Å². The summed E-state index contributed by atoms with van der Waals surface area (Å²) in [5, 5.41) is 0. The fourth-order valence-corrected chi connectivity index (χ4v) is 4.52. The Balaban J connectivity index is 0.000000658. The van der Waals surface area contributed by atoms with E-state index in [1.807, 2.05) is 13.0 Å². The first-order valence-electron chi connectivity index (χ1n) is 13.2. The quantitative estimate of drug-likeness (QED) is 0.438. The molecular formula is C31H41NO4. The van der Waals surface area contributed by atoms with Gasteiger partial charge in [-0.2, -0.15) is 0 Å². The van der Waals surface area contributed by atoms with E-state index < -0.39 is 0 Å². The second-order valence-electron chi connectivity index (χ2n) is 9.54. The Morgan fingerprint density at radius 3 is 2.64 bits per heavy atom. The predicted molar refractivity (Wildman–Crippen MR) is 146 cm³/mol. The lowest BCUT2D eigenvalue weighted by Gasteiger charge is -2.31. The van der Waals surface area contributed by atoms with Crippen LogP contribution in [0.4, 0.5) is 0 Å². The van der Waals surface area contributed by atoms with Crippen LogP contribution in [-0.2, 0) is 11.2 Å². The first-order valence-corrected chi connectivity index (χ1v) is 13.2. The van der Waals surface area contributed by atoms with Crippen molar-refractivity contribution >= 4 is 5.78 Å². The molecule has 0 radical (unpaired) electrons. The van der Waals surface area contributed by atoms with Crippen molar-refractivity contribution in [2.45, 2.75) is 59.8 Å². The molecule has 4 rings (SSSR count). The number of benzene rings is 2. The van der Waals surface area contributed by atoms with Gasteiger partial charge in [0.25, 0.3) is 0 Å². The normalized spacial score (nSPS) is 17.1. The minimum atomic E-state index is 0.255. The smallest absolute Gasteiger partial charge is 0.165 e. The summed E-state index contributed by atoms with van der Waals surface area (Å²) in [7, 11) is 1.71. The summed E-state index contributed by atoms with van der Waals surface area (Å²) in [6.07, 6.45) is 4.58. The molecule has 1 atom stereocenters. The van der Waals surface area contributed by atoms with Crippen LogP contribution in [0.25, 0.3) is 11.1 Å². The van der Waals surface area contributed by atoms with Crippen molar-refractivity contribution in [3.63, 3.8) is 0 Å². The van der Waals surface area contributed by atoms with Gasteiger partial charge in [-0.1, -0.05) is 31.8 Å². The molecule has 2 heterocycles. The van der Waals surface area contributed by atoms with Crippen molar-refractivity contribution < 1.29 is 19.0 Å². The average molecular weight is 492 g/mol. The van der Waals surface area contributed by atoms with E-state index in [0.717, 1.165) is 65.6 Å². The van der Waals surface area contributed by atoms with Gasteiger partial charge < -0.3 is 23.9 Å². The topological polar surface area (TPSA) is 48.0 Å². The molecule has 0 spiro atoms. The van der Waals surface area contributed by atoms with Crippen molar-refractivity contribution in [2.75, 3.05) is 40.0 Å². The largest absolute Gasteiger partial charge is 0.496 e. The van der Waals surface area contributed by atoms with E-state index in [0.29, 0.717) is 25.4 Å². The van der Waals surface area contributed by atoms with Crippen molar-refractivity contribution in [1.82, 2.24) is 4.90 Å².